The lowest BCUT2D eigenvalue weighted by Crippen LogP contribution is -2.25. The lowest BCUT2D eigenvalue weighted by Gasteiger charge is -2.21. The van der Waals surface area contributed by atoms with Crippen molar-refractivity contribution in [1.82, 2.24) is 9.80 Å². The van der Waals surface area contributed by atoms with Crippen molar-refractivity contribution in [3.05, 3.63) is 23.8 Å². The molecule has 2 saturated heterocycles. The minimum absolute atomic E-state index is 0.133. The number of rotatable bonds is 7. The number of hydrogen-bond donors (Lipinski definition) is 1. The molecule has 2 fully saturated rings. The van der Waals surface area contributed by atoms with Crippen molar-refractivity contribution in [3.8, 4) is 11.5 Å². The summed E-state index contributed by atoms with van der Waals surface area (Å²) >= 11 is 0. The maximum absolute atomic E-state index is 9.79. The molecule has 1 N–H and O–H groups in total. The zero-order valence-corrected chi connectivity index (χ0v) is 15.5. The molecule has 2 aliphatic rings. The Morgan fingerprint density at radius 1 is 1.00 bits per heavy atom. The first-order chi connectivity index (χ1) is 12.2. The molecule has 0 amide bonds. The van der Waals surface area contributed by atoms with Gasteiger partial charge in [-0.3, -0.25) is 9.80 Å². The molecule has 1 aromatic carbocycles. The fraction of sp³-hybridized carbons (Fsp3) is 0.700. The molecule has 5 nitrogen and oxygen atoms in total. The second-order valence-electron chi connectivity index (χ2n) is 7.24. The van der Waals surface area contributed by atoms with Crippen LogP contribution in [-0.2, 0) is 6.54 Å². The van der Waals surface area contributed by atoms with Crippen LogP contribution in [0.1, 0.15) is 37.7 Å². The molecule has 0 unspecified atom stereocenters. The van der Waals surface area contributed by atoms with Crippen molar-refractivity contribution in [2.24, 2.45) is 0 Å². The number of hydrogen-bond acceptors (Lipinski definition) is 5. The lowest BCUT2D eigenvalue weighted by atomic mass is 10.2. The van der Waals surface area contributed by atoms with Gasteiger partial charge >= 0.3 is 0 Å². The van der Waals surface area contributed by atoms with E-state index in [0.717, 1.165) is 56.9 Å². The second kappa shape index (κ2) is 9.41. The summed E-state index contributed by atoms with van der Waals surface area (Å²) in [5.74, 6) is 1.64. The molecule has 25 heavy (non-hydrogen) atoms. The van der Waals surface area contributed by atoms with Gasteiger partial charge in [-0.15, -0.1) is 0 Å². The van der Waals surface area contributed by atoms with Gasteiger partial charge in [0.1, 0.15) is 6.61 Å². The molecule has 0 bridgehead atoms. The van der Waals surface area contributed by atoms with Crippen LogP contribution in [0.3, 0.4) is 0 Å². The predicted molar refractivity (Wildman–Crippen MR) is 99.3 cm³/mol. The number of likely N-dealkylation sites (tertiary alicyclic amines) is 2. The van der Waals surface area contributed by atoms with Gasteiger partial charge in [-0.1, -0.05) is 6.07 Å². The third kappa shape index (κ3) is 5.59. The van der Waals surface area contributed by atoms with E-state index in [9.17, 15) is 5.11 Å². The Morgan fingerprint density at radius 3 is 2.60 bits per heavy atom. The van der Waals surface area contributed by atoms with Gasteiger partial charge in [0.15, 0.2) is 11.5 Å². The maximum Gasteiger partial charge on any atom is 0.161 e. The van der Waals surface area contributed by atoms with E-state index >= 15 is 0 Å². The molecule has 140 valence electrons. The number of methoxy groups -OCH3 is 1. The van der Waals surface area contributed by atoms with Gasteiger partial charge in [-0.2, -0.15) is 0 Å². The molecule has 5 heteroatoms. The highest BCUT2D eigenvalue weighted by molar-refractivity contribution is 5.43. The molecule has 0 spiro atoms. The molecule has 2 aliphatic heterocycles. The minimum Gasteiger partial charge on any atom is -0.493 e. The Kier molecular flexibility index (Phi) is 6.96. The number of nitrogens with zero attached hydrogens (tertiary/aromatic N) is 2. The molecule has 0 aliphatic carbocycles. The second-order valence-corrected chi connectivity index (χ2v) is 7.24. The largest absolute Gasteiger partial charge is 0.493 e. The Balaban J connectivity index is 1.53. The van der Waals surface area contributed by atoms with Crippen LogP contribution in [-0.4, -0.2) is 67.5 Å². The van der Waals surface area contributed by atoms with Crippen LogP contribution >= 0.6 is 0 Å². The maximum atomic E-state index is 9.79. The van der Waals surface area contributed by atoms with E-state index in [-0.39, 0.29) is 6.10 Å². The Hall–Kier alpha value is -1.30. The molecule has 1 atom stereocenters. The highest BCUT2D eigenvalue weighted by Gasteiger charge is 2.16. The number of aliphatic hydroxyl groups excluding tert-OH is 1. The normalized spacial score (nSPS) is 22.7. The summed E-state index contributed by atoms with van der Waals surface area (Å²) in [5.41, 5.74) is 1.24. The lowest BCUT2D eigenvalue weighted by molar-refractivity contribution is 0.154. The van der Waals surface area contributed by atoms with Crippen molar-refractivity contribution >= 4 is 0 Å². The summed E-state index contributed by atoms with van der Waals surface area (Å²) < 4.78 is 11.5. The fourth-order valence-electron chi connectivity index (χ4n) is 3.78. The third-order valence-corrected chi connectivity index (χ3v) is 5.29. The standard InChI is InChI=1S/C20H32N2O3/c1-24-20-15-17(16-22-11-4-5-18(23)8-12-22)6-7-19(20)25-14-13-21-9-2-3-10-21/h6-7,15,18,23H,2-5,8-14,16H2,1H3/t18-/m1/s1. The summed E-state index contributed by atoms with van der Waals surface area (Å²) in [7, 11) is 1.70. The first-order valence-corrected chi connectivity index (χ1v) is 9.67. The molecule has 0 saturated carbocycles. The molecule has 1 aromatic rings. The molecule has 0 aromatic heterocycles. The zero-order valence-electron chi connectivity index (χ0n) is 15.5. The van der Waals surface area contributed by atoms with Crippen LogP contribution in [0.2, 0.25) is 0 Å². The van der Waals surface area contributed by atoms with Crippen LogP contribution < -0.4 is 9.47 Å². The summed E-state index contributed by atoms with van der Waals surface area (Å²) in [6, 6.07) is 6.26. The highest BCUT2D eigenvalue weighted by atomic mass is 16.5. The van der Waals surface area contributed by atoms with Gasteiger partial charge < -0.3 is 14.6 Å². The first-order valence-electron chi connectivity index (χ1n) is 9.67. The van der Waals surface area contributed by atoms with Crippen LogP contribution in [0.5, 0.6) is 11.5 Å². The van der Waals surface area contributed by atoms with E-state index in [4.69, 9.17) is 9.47 Å². The van der Waals surface area contributed by atoms with Crippen molar-refractivity contribution in [1.29, 1.82) is 0 Å². The van der Waals surface area contributed by atoms with Gasteiger partial charge in [-0.05, 0) is 69.4 Å². The number of benzene rings is 1. The van der Waals surface area contributed by atoms with Gasteiger partial charge in [0.2, 0.25) is 0 Å². The van der Waals surface area contributed by atoms with Crippen molar-refractivity contribution in [2.75, 3.05) is 46.4 Å². The van der Waals surface area contributed by atoms with E-state index in [1.54, 1.807) is 7.11 Å². The van der Waals surface area contributed by atoms with Crippen LogP contribution in [0.15, 0.2) is 18.2 Å². The zero-order chi connectivity index (χ0) is 17.5. The quantitative estimate of drug-likeness (QED) is 0.820. The van der Waals surface area contributed by atoms with E-state index in [1.165, 1.54) is 31.5 Å². The summed E-state index contributed by atoms with van der Waals surface area (Å²) in [4.78, 5) is 4.87. The average Bonchev–Trinajstić information content (AvgIpc) is 3.05. The topological polar surface area (TPSA) is 45.2 Å². The number of aliphatic hydroxyl groups is 1. The molecule has 2 heterocycles. The minimum atomic E-state index is -0.133. The Morgan fingerprint density at radius 2 is 1.80 bits per heavy atom. The van der Waals surface area contributed by atoms with Crippen LogP contribution in [0.25, 0.3) is 0 Å². The third-order valence-electron chi connectivity index (χ3n) is 5.29. The molecule has 3 rings (SSSR count). The van der Waals surface area contributed by atoms with Crippen molar-refractivity contribution < 1.29 is 14.6 Å². The summed E-state index contributed by atoms with van der Waals surface area (Å²) in [5, 5.41) is 9.79. The van der Waals surface area contributed by atoms with E-state index in [2.05, 4.69) is 21.9 Å². The monoisotopic (exact) mass is 348 g/mol. The Labute approximate surface area is 151 Å². The average molecular weight is 348 g/mol. The van der Waals surface area contributed by atoms with Crippen LogP contribution in [0.4, 0.5) is 0 Å². The van der Waals surface area contributed by atoms with Gasteiger partial charge in [0, 0.05) is 19.6 Å². The van der Waals surface area contributed by atoms with E-state index in [0.29, 0.717) is 6.61 Å². The molecule has 0 radical (unpaired) electrons. The first kappa shape index (κ1) is 18.5. The fourth-order valence-corrected chi connectivity index (χ4v) is 3.78. The van der Waals surface area contributed by atoms with Crippen LogP contribution in [0, 0.1) is 0 Å². The van der Waals surface area contributed by atoms with E-state index < -0.39 is 0 Å². The van der Waals surface area contributed by atoms with Gasteiger partial charge in [0.25, 0.3) is 0 Å². The Bertz CT molecular complexity index is 532. The number of ether oxygens (including phenoxy) is 2. The molecular weight excluding hydrogens is 316 g/mol. The SMILES string of the molecule is COc1cc(CN2CCC[C@@H](O)CC2)ccc1OCCN1CCCC1. The predicted octanol–water partition coefficient (Wildman–Crippen LogP) is 2.52. The summed E-state index contributed by atoms with van der Waals surface area (Å²) in [6.07, 6.45) is 5.34. The smallest absolute Gasteiger partial charge is 0.161 e. The van der Waals surface area contributed by atoms with E-state index in [1.807, 2.05) is 6.07 Å². The van der Waals surface area contributed by atoms with Gasteiger partial charge in [0.05, 0.1) is 13.2 Å². The van der Waals surface area contributed by atoms with Crippen molar-refractivity contribution in [3.63, 3.8) is 0 Å². The summed E-state index contributed by atoms with van der Waals surface area (Å²) in [6.45, 7) is 7.00. The van der Waals surface area contributed by atoms with Gasteiger partial charge in [-0.25, -0.2) is 0 Å². The van der Waals surface area contributed by atoms with Crippen molar-refractivity contribution in [2.45, 2.75) is 44.8 Å². The highest BCUT2D eigenvalue weighted by Crippen LogP contribution is 2.29. The molecular formula is C20H32N2O3.